The number of carbonyl (C=O) groups excluding carboxylic acids is 1. The number of anilines is 1. The molecule has 32 heavy (non-hydrogen) atoms. The van der Waals surface area contributed by atoms with E-state index in [-0.39, 0.29) is 5.71 Å². The molecule has 0 bridgehead atoms. The van der Waals surface area contributed by atoms with E-state index in [0.717, 1.165) is 16.7 Å². The van der Waals surface area contributed by atoms with Gasteiger partial charge in [0.15, 0.2) is 5.13 Å². The minimum atomic E-state index is -1.12. The summed E-state index contributed by atoms with van der Waals surface area (Å²) >= 11 is 1.21. The van der Waals surface area contributed by atoms with E-state index in [2.05, 4.69) is 10.1 Å². The van der Waals surface area contributed by atoms with Crippen molar-refractivity contribution in [1.82, 2.24) is 4.98 Å². The highest BCUT2D eigenvalue weighted by Gasteiger charge is 2.40. The molecular weight excluding hydrogens is 422 g/mol. The number of hydrogen-bond donors (Lipinski definition) is 1. The van der Waals surface area contributed by atoms with Crippen LogP contribution in [0.25, 0.3) is 0 Å². The van der Waals surface area contributed by atoms with Crippen LogP contribution in [0.1, 0.15) is 22.4 Å². The van der Waals surface area contributed by atoms with Crippen LogP contribution in [0.3, 0.4) is 0 Å². The normalized spacial score (nSPS) is 11.7. The van der Waals surface area contributed by atoms with E-state index in [1.807, 2.05) is 91.0 Å². The Morgan fingerprint density at radius 2 is 1.34 bits per heavy atom. The van der Waals surface area contributed by atoms with Gasteiger partial charge in [-0.05, 0) is 0 Å². The fourth-order valence-electron chi connectivity index (χ4n) is 3.47. The Balaban J connectivity index is 1.95. The van der Waals surface area contributed by atoms with Gasteiger partial charge >= 0.3 is 5.97 Å². The lowest BCUT2D eigenvalue weighted by Crippen LogP contribution is -2.32. The second-order valence-electron chi connectivity index (χ2n) is 6.87. The molecule has 0 saturated heterocycles. The van der Waals surface area contributed by atoms with Crippen molar-refractivity contribution in [2.45, 2.75) is 5.60 Å². The number of carbonyl (C=O) groups is 1. The van der Waals surface area contributed by atoms with Crippen molar-refractivity contribution in [2.24, 2.45) is 5.16 Å². The highest BCUT2D eigenvalue weighted by molar-refractivity contribution is 7.13. The summed E-state index contributed by atoms with van der Waals surface area (Å²) < 4.78 is 4.93. The molecule has 2 N–H and O–H groups in total. The molecule has 6 nitrogen and oxygen atoms in total. The number of oxime groups is 1. The maximum absolute atomic E-state index is 12.5. The first-order valence-electron chi connectivity index (χ1n) is 9.87. The van der Waals surface area contributed by atoms with E-state index in [0.29, 0.717) is 10.8 Å². The van der Waals surface area contributed by atoms with E-state index in [4.69, 9.17) is 15.3 Å². The van der Waals surface area contributed by atoms with Gasteiger partial charge in [-0.2, -0.15) is 0 Å². The van der Waals surface area contributed by atoms with Gasteiger partial charge in [-0.25, -0.2) is 9.78 Å². The highest BCUT2D eigenvalue weighted by Crippen LogP contribution is 2.40. The maximum atomic E-state index is 12.5. The number of ether oxygens (including phenoxy) is 1. The largest absolute Gasteiger partial charge is 0.464 e. The number of thiazole rings is 1. The lowest BCUT2D eigenvalue weighted by Gasteiger charge is -2.33. The molecule has 4 rings (SSSR count). The van der Waals surface area contributed by atoms with Gasteiger partial charge in [-0.3, -0.25) is 0 Å². The molecule has 0 aliphatic heterocycles. The Hall–Kier alpha value is -3.97. The van der Waals surface area contributed by atoms with Crippen molar-refractivity contribution >= 4 is 28.1 Å². The molecular formula is C25H21N3O3S. The Labute approximate surface area is 190 Å². The van der Waals surface area contributed by atoms with Crippen molar-refractivity contribution in [3.63, 3.8) is 0 Å². The summed E-state index contributed by atoms with van der Waals surface area (Å²) in [7, 11) is 1.28. The Morgan fingerprint density at radius 3 is 1.72 bits per heavy atom. The maximum Gasteiger partial charge on any atom is 0.362 e. The summed E-state index contributed by atoms with van der Waals surface area (Å²) in [4.78, 5) is 23.1. The molecule has 0 aliphatic rings. The van der Waals surface area contributed by atoms with Crippen LogP contribution in [0.4, 0.5) is 5.13 Å². The van der Waals surface area contributed by atoms with Crippen molar-refractivity contribution in [1.29, 1.82) is 0 Å². The monoisotopic (exact) mass is 443 g/mol. The average molecular weight is 444 g/mol. The standard InChI is InChI=1S/C25H21N3O3S/c1-30-23(29)22(21-17-32-24(26)27-21)28-31-25(18-11-5-2-6-12-18,19-13-7-3-8-14-19)20-15-9-4-10-16-20/h2-17H,1H3,(H2,26,27). The minimum Gasteiger partial charge on any atom is -0.464 e. The SMILES string of the molecule is COC(=O)C(=NOC(c1ccccc1)(c1ccccc1)c1ccccc1)c1csc(N)n1. The molecule has 0 fully saturated rings. The highest BCUT2D eigenvalue weighted by atomic mass is 32.1. The molecule has 0 amide bonds. The Kier molecular flexibility index (Phi) is 6.28. The van der Waals surface area contributed by atoms with E-state index >= 15 is 0 Å². The zero-order valence-electron chi connectivity index (χ0n) is 17.3. The van der Waals surface area contributed by atoms with Crippen LogP contribution in [0, 0.1) is 0 Å². The summed E-state index contributed by atoms with van der Waals surface area (Å²) in [6.45, 7) is 0. The third-order valence-electron chi connectivity index (χ3n) is 4.96. The zero-order valence-corrected chi connectivity index (χ0v) is 18.2. The van der Waals surface area contributed by atoms with E-state index in [9.17, 15) is 4.79 Å². The lowest BCUT2D eigenvalue weighted by atomic mass is 9.80. The number of benzene rings is 3. The molecule has 0 saturated carbocycles. The molecule has 0 atom stereocenters. The number of esters is 1. The molecule has 0 unspecified atom stereocenters. The Morgan fingerprint density at radius 1 is 0.875 bits per heavy atom. The third-order valence-corrected chi connectivity index (χ3v) is 5.63. The molecule has 7 heteroatoms. The topological polar surface area (TPSA) is 86.8 Å². The first-order chi connectivity index (χ1) is 15.6. The number of aromatic nitrogens is 1. The van der Waals surface area contributed by atoms with Crippen LogP contribution in [0.15, 0.2) is 102 Å². The molecule has 1 heterocycles. The van der Waals surface area contributed by atoms with Crippen LogP contribution < -0.4 is 5.73 Å². The van der Waals surface area contributed by atoms with Crippen LogP contribution in [-0.4, -0.2) is 23.8 Å². The number of nitrogen functional groups attached to an aromatic ring is 1. The predicted molar refractivity (Wildman–Crippen MR) is 125 cm³/mol. The second-order valence-corrected chi connectivity index (χ2v) is 7.76. The van der Waals surface area contributed by atoms with Crippen molar-refractivity contribution in [3.05, 3.63) is 119 Å². The molecule has 4 aromatic rings. The van der Waals surface area contributed by atoms with E-state index in [1.165, 1.54) is 18.4 Å². The molecule has 160 valence electrons. The molecule has 0 aliphatic carbocycles. The fraction of sp³-hybridized carbons (Fsp3) is 0.0800. The molecule has 1 aromatic heterocycles. The summed E-state index contributed by atoms with van der Waals surface area (Å²) in [5.41, 5.74) is 7.43. The van der Waals surface area contributed by atoms with Crippen LogP contribution >= 0.6 is 11.3 Å². The van der Waals surface area contributed by atoms with Crippen molar-refractivity contribution in [3.8, 4) is 0 Å². The molecule has 0 radical (unpaired) electrons. The van der Waals surface area contributed by atoms with Gasteiger partial charge in [0.05, 0.1) is 7.11 Å². The van der Waals surface area contributed by atoms with Gasteiger partial charge in [0.2, 0.25) is 11.3 Å². The minimum absolute atomic E-state index is 0.0624. The number of methoxy groups -OCH3 is 1. The van der Waals surface area contributed by atoms with Crippen LogP contribution in [-0.2, 0) is 20.0 Å². The smallest absolute Gasteiger partial charge is 0.362 e. The third kappa shape index (κ3) is 4.10. The lowest BCUT2D eigenvalue weighted by molar-refractivity contribution is -0.133. The van der Waals surface area contributed by atoms with Gasteiger partial charge < -0.3 is 15.3 Å². The predicted octanol–water partition coefficient (Wildman–Crippen LogP) is 4.61. The second kappa shape index (κ2) is 9.45. The van der Waals surface area contributed by atoms with Crippen molar-refractivity contribution in [2.75, 3.05) is 12.8 Å². The number of rotatable bonds is 7. The Bertz CT molecular complexity index is 1110. The van der Waals surface area contributed by atoms with Gasteiger partial charge in [0.1, 0.15) is 5.69 Å². The first-order valence-corrected chi connectivity index (χ1v) is 10.8. The summed E-state index contributed by atoms with van der Waals surface area (Å²) in [5.74, 6) is -0.668. The van der Waals surface area contributed by atoms with Crippen LogP contribution in [0.5, 0.6) is 0 Å². The van der Waals surface area contributed by atoms with Crippen LogP contribution in [0.2, 0.25) is 0 Å². The van der Waals surface area contributed by atoms with Gasteiger partial charge in [0, 0.05) is 22.1 Å². The van der Waals surface area contributed by atoms with Gasteiger partial charge in [-0.1, -0.05) is 96.2 Å². The summed E-state index contributed by atoms with van der Waals surface area (Å²) in [6, 6.07) is 29.2. The number of hydrogen-bond acceptors (Lipinski definition) is 7. The van der Waals surface area contributed by atoms with E-state index in [1.54, 1.807) is 5.38 Å². The van der Waals surface area contributed by atoms with Gasteiger partial charge in [0.25, 0.3) is 0 Å². The van der Waals surface area contributed by atoms with E-state index < -0.39 is 11.6 Å². The van der Waals surface area contributed by atoms with Gasteiger partial charge in [-0.15, -0.1) is 11.3 Å². The molecule has 3 aromatic carbocycles. The van der Waals surface area contributed by atoms with Crippen molar-refractivity contribution < 1.29 is 14.4 Å². The fourth-order valence-corrected chi connectivity index (χ4v) is 4.02. The first kappa shape index (κ1) is 21.3. The average Bonchev–Trinajstić information content (AvgIpc) is 3.29. The summed E-state index contributed by atoms with van der Waals surface area (Å²) in [6.07, 6.45) is 0. The summed E-state index contributed by atoms with van der Waals surface area (Å²) in [5, 5.41) is 6.27. The molecule has 0 spiro atoms. The zero-order chi connectivity index (χ0) is 22.4. The number of nitrogens with two attached hydrogens (primary N) is 1. The quantitative estimate of drug-likeness (QED) is 0.195. The number of nitrogens with zero attached hydrogens (tertiary/aromatic N) is 2.